The van der Waals surface area contributed by atoms with Crippen LogP contribution < -0.4 is 0 Å². The number of hydrogen-bond donors (Lipinski definition) is 0. The molecule has 2 unspecified atom stereocenters. The predicted octanol–water partition coefficient (Wildman–Crippen LogP) is 3.40. The number of ether oxygens (including phenoxy) is 3. The van der Waals surface area contributed by atoms with Crippen LogP contribution >= 0.6 is 69.6 Å². The predicted molar refractivity (Wildman–Crippen MR) is 56.3 cm³/mol. The van der Waals surface area contributed by atoms with Crippen LogP contribution in [0.1, 0.15) is 0 Å². The Morgan fingerprint density at radius 1 is 0.786 bits per heavy atom. The van der Waals surface area contributed by atoms with E-state index in [2.05, 4.69) is 0 Å². The van der Waals surface area contributed by atoms with Gasteiger partial charge in [-0.15, -0.1) is 0 Å². The van der Waals surface area contributed by atoms with Crippen LogP contribution in [-0.2, 0) is 14.2 Å². The van der Waals surface area contributed by atoms with Gasteiger partial charge >= 0.3 is 0 Å². The summed E-state index contributed by atoms with van der Waals surface area (Å²) in [6.45, 7) is -0.183. The van der Waals surface area contributed by atoms with Gasteiger partial charge in [-0.1, -0.05) is 69.6 Å². The van der Waals surface area contributed by atoms with Crippen molar-refractivity contribution in [1.29, 1.82) is 0 Å². The van der Waals surface area contributed by atoms with Crippen LogP contribution in [0.25, 0.3) is 0 Å². The summed E-state index contributed by atoms with van der Waals surface area (Å²) in [6.07, 6.45) is -2.27. The van der Waals surface area contributed by atoms with Crippen LogP contribution in [0.15, 0.2) is 0 Å². The third-order valence-electron chi connectivity index (χ3n) is 1.22. The van der Waals surface area contributed by atoms with Crippen LogP contribution in [0, 0.1) is 0 Å². The lowest BCUT2D eigenvalue weighted by molar-refractivity contribution is -0.340. The first kappa shape index (κ1) is 13.7. The van der Waals surface area contributed by atoms with E-state index in [0.29, 0.717) is 0 Å². The molecule has 0 radical (unpaired) electrons. The summed E-state index contributed by atoms with van der Waals surface area (Å²) in [5.41, 5.74) is 0. The molecule has 0 aromatic rings. The van der Waals surface area contributed by atoms with Gasteiger partial charge in [-0.2, -0.15) is 0 Å². The average molecular weight is 325 g/mol. The molecule has 1 aliphatic rings. The number of halogens is 6. The second-order valence-corrected chi connectivity index (χ2v) is 7.07. The van der Waals surface area contributed by atoms with Crippen molar-refractivity contribution >= 4 is 69.6 Å². The van der Waals surface area contributed by atoms with E-state index >= 15 is 0 Å². The Morgan fingerprint density at radius 2 is 1.14 bits per heavy atom. The van der Waals surface area contributed by atoms with Crippen molar-refractivity contribution in [2.75, 3.05) is 6.79 Å². The third-order valence-corrected chi connectivity index (χ3v) is 2.29. The maximum atomic E-state index is 5.52. The van der Waals surface area contributed by atoms with Crippen molar-refractivity contribution in [2.45, 2.75) is 20.2 Å². The molecule has 1 aliphatic heterocycles. The van der Waals surface area contributed by atoms with Gasteiger partial charge < -0.3 is 14.2 Å². The van der Waals surface area contributed by atoms with E-state index in [1.54, 1.807) is 0 Å². The van der Waals surface area contributed by atoms with Gasteiger partial charge in [-0.25, -0.2) is 0 Å². The van der Waals surface area contributed by atoms with Gasteiger partial charge in [-0.3, -0.25) is 0 Å². The van der Waals surface area contributed by atoms with Gasteiger partial charge in [-0.05, 0) is 0 Å². The molecular weight excluding hydrogens is 321 g/mol. The molecule has 3 nitrogen and oxygen atoms in total. The first-order valence-corrected chi connectivity index (χ1v) is 5.50. The van der Waals surface area contributed by atoms with Gasteiger partial charge in [0.15, 0.2) is 6.79 Å². The van der Waals surface area contributed by atoms with E-state index in [-0.39, 0.29) is 6.79 Å². The summed E-state index contributed by atoms with van der Waals surface area (Å²) in [6, 6.07) is 0. The van der Waals surface area contributed by atoms with Gasteiger partial charge in [0.2, 0.25) is 20.2 Å². The average Bonchev–Trinajstić information content (AvgIpc) is 2.01. The van der Waals surface area contributed by atoms with Crippen molar-refractivity contribution in [3.05, 3.63) is 0 Å². The molecule has 1 fully saturated rings. The van der Waals surface area contributed by atoms with Crippen LogP contribution in [0.5, 0.6) is 0 Å². The molecule has 0 bridgehead atoms. The molecule has 1 heterocycles. The van der Waals surface area contributed by atoms with Gasteiger partial charge in [0.1, 0.15) is 0 Å². The topological polar surface area (TPSA) is 27.7 Å². The third kappa shape index (κ3) is 3.89. The molecule has 1 rings (SSSR count). The summed E-state index contributed by atoms with van der Waals surface area (Å²) in [5, 5.41) is 0. The van der Waals surface area contributed by atoms with Crippen molar-refractivity contribution in [3.8, 4) is 0 Å². The molecule has 0 aliphatic carbocycles. The second kappa shape index (κ2) is 4.86. The number of hydrogen-bond acceptors (Lipinski definition) is 3. The van der Waals surface area contributed by atoms with Crippen molar-refractivity contribution in [3.63, 3.8) is 0 Å². The molecule has 0 N–H and O–H groups in total. The summed E-state index contributed by atoms with van der Waals surface area (Å²) >= 11 is 33.1. The van der Waals surface area contributed by atoms with Crippen LogP contribution in [0.2, 0.25) is 0 Å². The lowest BCUT2D eigenvalue weighted by Gasteiger charge is -2.36. The maximum Gasteiger partial charge on any atom is 0.241 e. The molecule has 14 heavy (non-hydrogen) atoms. The van der Waals surface area contributed by atoms with E-state index in [0.717, 1.165) is 0 Å². The fraction of sp³-hybridized carbons (Fsp3) is 1.00. The van der Waals surface area contributed by atoms with E-state index in [4.69, 9.17) is 83.8 Å². The summed E-state index contributed by atoms with van der Waals surface area (Å²) in [5.74, 6) is 0. The molecule has 0 amide bonds. The molecule has 1 saturated heterocycles. The normalized spacial score (nSPS) is 30.4. The molecular formula is C5H4Cl6O3. The van der Waals surface area contributed by atoms with E-state index in [1.807, 2.05) is 0 Å². The Bertz CT molecular complexity index is 179. The zero-order chi connectivity index (χ0) is 11.0. The summed E-state index contributed by atoms with van der Waals surface area (Å²) in [7, 11) is 0. The highest BCUT2D eigenvalue weighted by Gasteiger charge is 2.45. The smallest absolute Gasteiger partial charge is 0.241 e. The van der Waals surface area contributed by atoms with Gasteiger partial charge in [0.05, 0.1) is 0 Å². The minimum Gasteiger partial charge on any atom is -0.322 e. The van der Waals surface area contributed by atoms with Crippen molar-refractivity contribution in [1.82, 2.24) is 0 Å². The Morgan fingerprint density at radius 3 is 1.43 bits per heavy atom. The largest absolute Gasteiger partial charge is 0.322 e. The standard InChI is InChI=1S/C5H4Cl6O3/c6-4(7,8)2-12-1-13-3(14-2)5(9,10)11/h2-3H,1H2. The van der Waals surface area contributed by atoms with Crippen molar-refractivity contribution in [2.24, 2.45) is 0 Å². The Kier molecular flexibility index (Phi) is 4.75. The summed E-state index contributed by atoms with van der Waals surface area (Å²) < 4.78 is 11.2. The number of alkyl halides is 6. The monoisotopic (exact) mass is 322 g/mol. The van der Waals surface area contributed by atoms with Gasteiger partial charge in [0.25, 0.3) is 0 Å². The molecule has 0 saturated carbocycles. The van der Waals surface area contributed by atoms with Gasteiger partial charge in [0, 0.05) is 0 Å². The Labute approximate surface area is 110 Å². The zero-order valence-corrected chi connectivity index (χ0v) is 10.9. The van der Waals surface area contributed by atoms with E-state index in [9.17, 15) is 0 Å². The second-order valence-electron chi connectivity index (χ2n) is 2.33. The molecule has 0 spiro atoms. The highest BCUT2D eigenvalue weighted by atomic mass is 35.6. The fourth-order valence-electron chi connectivity index (χ4n) is 0.697. The van der Waals surface area contributed by atoms with Crippen LogP contribution in [0.3, 0.4) is 0 Å². The molecule has 9 heteroatoms. The van der Waals surface area contributed by atoms with Crippen LogP contribution in [0.4, 0.5) is 0 Å². The van der Waals surface area contributed by atoms with Crippen LogP contribution in [-0.4, -0.2) is 27.0 Å². The SMILES string of the molecule is ClC(Cl)(Cl)C1OCOC(C(Cl)(Cl)Cl)O1. The lowest BCUT2D eigenvalue weighted by Crippen LogP contribution is -2.46. The Hall–Kier alpha value is 1.62. The summed E-state index contributed by atoms with van der Waals surface area (Å²) in [4.78, 5) is 0. The first-order valence-electron chi connectivity index (χ1n) is 3.23. The lowest BCUT2D eigenvalue weighted by atomic mass is 10.6. The fourth-order valence-corrected chi connectivity index (χ4v) is 1.38. The highest BCUT2D eigenvalue weighted by molar-refractivity contribution is 6.68. The number of rotatable bonds is 0. The highest BCUT2D eigenvalue weighted by Crippen LogP contribution is 2.40. The minimum atomic E-state index is -1.77. The first-order chi connectivity index (χ1) is 6.21. The molecule has 2 atom stereocenters. The quantitative estimate of drug-likeness (QED) is 0.639. The van der Waals surface area contributed by atoms with Crippen molar-refractivity contribution < 1.29 is 14.2 Å². The maximum absolute atomic E-state index is 5.52. The Balaban J connectivity index is 2.61. The van der Waals surface area contributed by atoms with E-state index < -0.39 is 20.2 Å². The van der Waals surface area contributed by atoms with E-state index in [1.165, 1.54) is 0 Å². The molecule has 84 valence electrons. The molecule has 0 aromatic carbocycles. The minimum absolute atomic E-state index is 0.183. The zero-order valence-electron chi connectivity index (χ0n) is 6.35. The molecule has 0 aromatic heterocycles.